The summed E-state index contributed by atoms with van der Waals surface area (Å²) in [5.74, 6) is 0.694. The molecule has 0 aliphatic rings. The van der Waals surface area contributed by atoms with E-state index in [0.29, 0.717) is 5.95 Å². The minimum Gasteiger partial charge on any atom is -0.355 e. The Morgan fingerprint density at radius 3 is 2.55 bits per heavy atom. The standard InChI is InChI=1S/C16H26N6/c1-5-17-16-18-9-14(10-19-16)11-22(4)8-6-7-15-12(2)20-21-13(15)3/h9-10H,5-8,11H2,1-4H3,(H,20,21)(H,17,18,19). The Hall–Kier alpha value is -1.95. The van der Waals surface area contributed by atoms with Crippen molar-refractivity contribution in [1.82, 2.24) is 25.1 Å². The number of aryl methyl sites for hydroxylation is 2. The molecular formula is C16H26N6. The van der Waals surface area contributed by atoms with Gasteiger partial charge in [0.15, 0.2) is 0 Å². The van der Waals surface area contributed by atoms with E-state index < -0.39 is 0 Å². The lowest BCUT2D eigenvalue weighted by Gasteiger charge is -2.16. The molecule has 2 N–H and O–H groups in total. The SMILES string of the molecule is CCNc1ncc(CN(C)CCCc2c(C)n[nH]c2C)cn1. The maximum Gasteiger partial charge on any atom is 0.222 e. The molecular weight excluding hydrogens is 276 g/mol. The van der Waals surface area contributed by atoms with Gasteiger partial charge in [-0.1, -0.05) is 0 Å². The third kappa shape index (κ3) is 4.53. The van der Waals surface area contributed by atoms with Crippen molar-refractivity contribution in [3.63, 3.8) is 0 Å². The Bertz CT molecular complexity index is 555. The lowest BCUT2D eigenvalue weighted by molar-refractivity contribution is 0.321. The molecule has 0 saturated carbocycles. The fourth-order valence-electron chi connectivity index (χ4n) is 2.54. The average Bonchev–Trinajstić information content (AvgIpc) is 2.81. The van der Waals surface area contributed by atoms with Gasteiger partial charge in [0, 0.05) is 36.7 Å². The summed E-state index contributed by atoms with van der Waals surface area (Å²) in [4.78, 5) is 10.9. The molecule has 120 valence electrons. The first-order chi connectivity index (χ1) is 10.6. The van der Waals surface area contributed by atoms with Crippen LogP contribution in [0.15, 0.2) is 12.4 Å². The van der Waals surface area contributed by atoms with Gasteiger partial charge in [-0.25, -0.2) is 9.97 Å². The van der Waals surface area contributed by atoms with E-state index >= 15 is 0 Å². The summed E-state index contributed by atoms with van der Waals surface area (Å²) < 4.78 is 0. The van der Waals surface area contributed by atoms with Crippen molar-refractivity contribution >= 4 is 5.95 Å². The van der Waals surface area contributed by atoms with Crippen molar-refractivity contribution in [2.45, 2.75) is 40.2 Å². The van der Waals surface area contributed by atoms with Crippen LogP contribution in [-0.4, -0.2) is 45.2 Å². The van der Waals surface area contributed by atoms with Crippen LogP contribution in [0.4, 0.5) is 5.95 Å². The van der Waals surface area contributed by atoms with E-state index in [2.05, 4.69) is 51.3 Å². The number of rotatable bonds is 8. The van der Waals surface area contributed by atoms with Gasteiger partial charge in [-0.15, -0.1) is 0 Å². The molecule has 0 unspecified atom stereocenters. The molecule has 2 heterocycles. The molecule has 0 amide bonds. The first-order valence-electron chi connectivity index (χ1n) is 7.84. The molecule has 0 aliphatic heterocycles. The molecule has 0 atom stereocenters. The fourth-order valence-corrected chi connectivity index (χ4v) is 2.54. The Labute approximate surface area is 132 Å². The molecule has 6 nitrogen and oxygen atoms in total. The zero-order chi connectivity index (χ0) is 15.9. The predicted molar refractivity (Wildman–Crippen MR) is 88.9 cm³/mol. The summed E-state index contributed by atoms with van der Waals surface area (Å²) in [6.45, 7) is 8.93. The topological polar surface area (TPSA) is 69.7 Å². The minimum absolute atomic E-state index is 0.694. The molecule has 0 fully saturated rings. The Morgan fingerprint density at radius 2 is 1.95 bits per heavy atom. The molecule has 22 heavy (non-hydrogen) atoms. The van der Waals surface area contributed by atoms with Gasteiger partial charge in [-0.2, -0.15) is 5.10 Å². The molecule has 0 aromatic carbocycles. The van der Waals surface area contributed by atoms with Crippen LogP contribution in [0.2, 0.25) is 0 Å². The number of anilines is 1. The van der Waals surface area contributed by atoms with Crippen LogP contribution < -0.4 is 5.32 Å². The molecule has 2 aromatic rings. The maximum atomic E-state index is 4.30. The van der Waals surface area contributed by atoms with Gasteiger partial charge in [0.2, 0.25) is 5.95 Å². The van der Waals surface area contributed by atoms with Crippen LogP contribution in [0.5, 0.6) is 0 Å². The fraction of sp³-hybridized carbons (Fsp3) is 0.562. The summed E-state index contributed by atoms with van der Waals surface area (Å²) >= 11 is 0. The number of hydrogen-bond acceptors (Lipinski definition) is 5. The second-order valence-electron chi connectivity index (χ2n) is 5.70. The van der Waals surface area contributed by atoms with E-state index in [1.807, 2.05) is 19.3 Å². The highest BCUT2D eigenvalue weighted by Gasteiger charge is 2.07. The van der Waals surface area contributed by atoms with Crippen LogP contribution in [0, 0.1) is 13.8 Å². The predicted octanol–water partition coefficient (Wildman–Crippen LogP) is 2.31. The van der Waals surface area contributed by atoms with Gasteiger partial charge in [-0.3, -0.25) is 5.10 Å². The summed E-state index contributed by atoms with van der Waals surface area (Å²) in [7, 11) is 2.13. The maximum absolute atomic E-state index is 4.30. The van der Waals surface area contributed by atoms with Gasteiger partial charge in [0.25, 0.3) is 0 Å². The molecule has 0 radical (unpaired) electrons. The summed E-state index contributed by atoms with van der Waals surface area (Å²) in [6, 6.07) is 0. The van der Waals surface area contributed by atoms with Gasteiger partial charge in [-0.05, 0) is 52.8 Å². The number of aromatic nitrogens is 4. The van der Waals surface area contributed by atoms with Crippen LogP contribution in [0.3, 0.4) is 0 Å². The van der Waals surface area contributed by atoms with E-state index in [-0.39, 0.29) is 0 Å². The largest absolute Gasteiger partial charge is 0.355 e. The van der Waals surface area contributed by atoms with Crippen molar-refractivity contribution in [3.8, 4) is 0 Å². The third-order valence-electron chi connectivity index (χ3n) is 3.74. The molecule has 0 spiro atoms. The normalized spacial score (nSPS) is 11.1. The van der Waals surface area contributed by atoms with Crippen molar-refractivity contribution in [3.05, 3.63) is 34.9 Å². The Morgan fingerprint density at radius 1 is 1.23 bits per heavy atom. The monoisotopic (exact) mass is 302 g/mol. The summed E-state index contributed by atoms with van der Waals surface area (Å²) in [6.07, 6.45) is 5.97. The minimum atomic E-state index is 0.694. The Kier molecular flexibility index (Phi) is 5.89. The van der Waals surface area contributed by atoms with Crippen LogP contribution in [0.1, 0.15) is 35.9 Å². The molecule has 2 rings (SSSR count). The lowest BCUT2D eigenvalue weighted by atomic mass is 10.1. The second kappa shape index (κ2) is 7.89. The highest BCUT2D eigenvalue weighted by Crippen LogP contribution is 2.12. The number of aromatic amines is 1. The van der Waals surface area contributed by atoms with Crippen LogP contribution in [0.25, 0.3) is 0 Å². The van der Waals surface area contributed by atoms with Gasteiger partial charge in [0.1, 0.15) is 0 Å². The third-order valence-corrected chi connectivity index (χ3v) is 3.74. The number of hydrogen-bond donors (Lipinski definition) is 2. The van der Waals surface area contributed by atoms with Gasteiger partial charge in [0.05, 0.1) is 5.69 Å². The Balaban J connectivity index is 1.77. The van der Waals surface area contributed by atoms with Crippen molar-refractivity contribution in [2.24, 2.45) is 0 Å². The van der Waals surface area contributed by atoms with Gasteiger partial charge >= 0.3 is 0 Å². The average molecular weight is 302 g/mol. The first kappa shape index (κ1) is 16.4. The van der Waals surface area contributed by atoms with Crippen molar-refractivity contribution < 1.29 is 0 Å². The van der Waals surface area contributed by atoms with Gasteiger partial charge < -0.3 is 10.2 Å². The number of nitrogens with one attached hydrogen (secondary N) is 2. The van der Waals surface area contributed by atoms with Crippen LogP contribution in [-0.2, 0) is 13.0 Å². The quantitative estimate of drug-likeness (QED) is 0.783. The van der Waals surface area contributed by atoms with Crippen molar-refractivity contribution in [1.29, 1.82) is 0 Å². The first-order valence-corrected chi connectivity index (χ1v) is 7.84. The van der Waals surface area contributed by atoms with E-state index in [0.717, 1.165) is 43.7 Å². The highest BCUT2D eigenvalue weighted by atomic mass is 15.1. The zero-order valence-electron chi connectivity index (χ0n) is 14.0. The summed E-state index contributed by atoms with van der Waals surface area (Å²) in [5, 5.41) is 10.4. The van der Waals surface area contributed by atoms with E-state index in [1.165, 1.54) is 11.3 Å². The van der Waals surface area contributed by atoms with E-state index in [4.69, 9.17) is 0 Å². The lowest BCUT2D eigenvalue weighted by Crippen LogP contribution is -2.20. The highest BCUT2D eigenvalue weighted by molar-refractivity contribution is 5.24. The zero-order valence-corrected chi connectivity index (χ0v) is 14.0. The van der Waals surface area contributed by atoms with Crippen molar-refractivity contribution in [2.75, 3.05) is 25.5 Å². The number of H-pyrrole nitrogens is 1. The molecule has 0 saturated heterocycles. The van der Waals surface area contributed by atoms with E-state index in [1.54, 1.807) is 0 Å². The molecule has 0 aliphatic carbocycles. The van der Waals surface area contributed by atoms with Crippen LogP contribution >= 0.6 is 0 Å². The summed E-state index contributed by atoms with van der Waals surface area (Å²) in [5.41, 5.74) is 4.80. The number of nitrogens with zero attached hydrogens (tertiary/aromatic N) is 4. The molecule has 2 aromatic heterocycles. The van der Waals surface area contributed by atoms with E-state index in [9.17, 15) is 0 Å². The molecule has 6 heteroatoms. The smallest absolute Gasteiger partial charge is 0.222 e. The molecule has 0 bridgehead atoms. The second-order valence-corrected chi connectivity index (χ2v) is 5.70.